The second kappa shape index (κ2) is 5.99. The van der Waals surface area contributed by atoms with Crippen LogP contribution >= 0.6 is 0 Å². The van der Waals surface area contributed by atoms with E-state index in [4.69, 9.17) is 4.74 Å². The van der Waals surface area contributed by atoms with Crippen LogP contribution in [-0.4, -0.2) is 22.4 Å². The molecule has 0 bridgehead atoms. The van der Waals surface area contributed by atoms with Crippen molar-refractivity contribution >= 4 is 0 Å². The van der Waals surface area contributed by atoms with Gasteiger partial charge in [0.15, 0.2) is 0 Å². The number of hydrogen-bond acceptors (Lipinski definition) is 3. The van der Waals surface area contributed by atoms with Gasteiger partial charge in [-0.1, -0.05) is 40.7 Å². The highest BCUT2D eigenvalue weighted by molar-refractivity contribution is 5.44. The number of hydrogen-bond donors (Lipinski definition) is 2. The predicted octanol–water partition coefficient (Wildman–Crippen LogP) is 5.63. The third kappa shape index (κ3) is 2.10. The van der Waals surface area contributed by atoms with E-state index in [0.29, 0.717) is 23.2 Å². The average molecular weight is 426 g/mol. The summed E-state index contributed by atoms with van der Waals surface area (Å²) < 4.78 is 6.36. The van der Waals surface area contributed by atoms with E-state index in [1.165, 1.54) is 25.7 Å². The number of aliphatic hydroxyl groups excluding tert-OH is 2. The fourth-order valence-electron chi connectivity index (χ4n) is 10.6. The molecule has 31 heavy (non-hydrogen) atoms. The maximum atomic E-state index is 11.9. The Labute approximate surface area is 189 Å². The smallest absolute Gasteiger partial charge is 0.131 e. The lowest BCUT2D eigenvalue weighted by Crippen LogP contribution is -2.58. The summed E-state index contributed by atoms with van der Waals surface area (Å²) in [5, 5.41) is 22.7. The lowest BCUT2D eigenvalue weighted by Gasteiger charge is -2.63. The Bertz CT molecular complexity index is 806. The van der Waals surface area contributed by atoms with Crippen LogP contribution in [0.2, 0.25) is 0 Å². The molecule has 0 amide bonds. The van der Waals surface area contributed by atoms with Gasteiger partial charge in [-0.2, -0.15) is 0 Å². The Morgan fingerprint density at radius 1 is 1.06 bits per heavy atom. The summed E-state index contributed by atoms with van der Waals surface area (Å²) >= 11 is 0. The molecular formula is C28H41O3. The Morgan fingerprint density at radius 3 is 2.52 bits per heavy atom. The van der Waals surface area contributed by atoms with Crippen LogP contribution in [0.25, 0.3) is 0 Å². The van der Waals surface area contributed by atoms with Gasteiger partial charge in [-0.25, -0.2) is 0 Å². The fraction of sp³-hybridized carbons (Fsp3) is 0.821. The maximum absolute atomic E-state index is 11.9. The molecule has 3 heteroatoms. The van der Waals surface area contributed by atoms with Crippen molar-refractivity contribution < 1.29 is 14.9 Å². The van der Waals surface area contributed by atoms with Crippen molar-refractivity contribution in [2.75, 3.05) is 0 Å². The summed E-state index contributed by atoms with van der Waals surface area (Å²) in [4.78, 5) is 0. The van der Waals surface area contributed by atoms with Crippen molar-refractivity contribution in [3.63, 3.8) is 0 Å². The Balaban J connectivity index is 1.41. The number of aliphatic hydroxyl groups is 2. The molecule has 5 saturated carbocycles. The highest BCUT2D eigenvalue weighted by Gasteiger charge is 2.85. The van der Waals surface area contributed by atoms with Gasteiger partial charge in [-0.3, -0.25) is 0 Å². The normalized spacial score (nSPS) is 58.5. The van der Waals surface area contributed by atoms with E-state index in [1.807, 2.05) is 6.08 Å². The fourth-order valence-corrected chi connectivity index (χ4v) is 10.6. The molecule has 2 spiro atoms. The lowest BCUT2D eigenvalue weighted by molar-refractivity contribution is -0.125. The molecule has 3 radical (unpaired) electrons. The molecule has 0 aromatic heterocycles. The molecule has 6 fully saturated rings. The number of rotatable bonds is 1. The summed E-state index contributed by atoms with van der Waals surface area (Å²) in [6.07, 6.45) is 12.0. The zero-order chi connectivity index (χ0) is 22.2. The maximum Gasteiger partial charge on any atom is 0.131 e. The molecular weight excluding hydrogens is 384 g/mol. The van der Waals surface area contributed by atoms with Crippen LogP contribution < -0.4 is 0 Å². The first-order valence-corrected chi connectivity index (χ1v) is 12.8. The van der Waals surface area contributed by atoms with Gasteiger partial charge in [-0.15, -0.1) is 6.58 Å². The molecule has 5 aliphatic carbocycles. The summed E-state index contributed by atoms with van der Waals surface area (Å²) in [5.41, 5.74) is 0.471. The van der Waals surface area contributed by atoms with E-state index in [-0.39, 0.29) is 27.8 Å². The summed E-state index contributed by atoms with van der Waals surface area (Å²) in [5.74, 6) is 3.06. The van der Waals surface area contributed by atoms with Crippen LogP contribution in [0, 0.1) is 63.0 Å². The van der Waals surface area contributed by atoms with Crippen LogP contribution in [0.5, 0.6) is 0 Å². The van der Waals surface area contributed by atoms with Gasteiger partial charge in [0.05, 0.1) is 12.2 Å². The molecule has 2 N–H and O–H groups in total. The molecule has 171 valence electrons. The SMILES string of the molecule is C=C[C]1C[C@@H](C)[C@H]2[C](O1)[C@H](O)[C@@]1(C)[C]3CC[C@H]4C(C)(C)[C@@H](O)CC[C@@]45C[C@@]35CC[C@]21C. The van der Waals surface area contributed by atoms with E-state index in [1.54, 1.807) is 5.92 Å². The highest BCUT2D eigenvalue weighted by Crippen LogP contribution is 2.90. The van der Waals surface area contributed by atoms with Gasteiger partial charge in [0.2, 0.25) is 0 Å². The molecule has 6 rings (SSSR count). The zero-order valence-electron chi connectivity index (χ0n) is 20.1. The third-order valence-electron chi connectivity index (χ3n) is 12.3. The van der Waals surface area contributed by atoms with E-state index >= 15 is 0 Å². The predicted molar refractivity (Wildman–Crippen MR) is 121 cm³/mol. The Hall–Kier alpha value is -0.380. The van der Waals surface area contributed by atoms with Crippen molar-refractivity contribution in [2.24, 2.45) is 44.8 Å². The molecule has 9 atom stereocenters. The molecule has 1 aliphatic heterocycles. The number of ether oxygens (including phenoxy) is 1. The second-order valence-electron chi connectivity index (χ2n) is 13.2. The van der Waals surface area contributed by atoms with Crippen LogP contribution in [-0.2, 0) is 4.74 Å². The first-order valence-electron chi connectivity index (χ1n) is 12.8. The first-order chi connectivity index (χ1) is 14.5. The Kier molecular flexibility index (Phi) is 4.09. The highest BCUT2D eigenvalue weighted by atomic mass is 16.5. The van der Waals surface area contributed by atoms with Crippen molar-refractivity contribution in [1.82, 2.24) is 0 Å². The van der Waals surface area contributed by atoms with E-state index in [2.05, 4.69) is 41.2 Å². The van der Waals surface area contributed by atoms with Gasteiger partial charge < -0.3 is 14.9 Å². The molecule has 1 heterocycles. The quantitative estimate of drug-likeness (QED) is 0.572. The largest absolute Gasteiger partial charge is 0.393 e. The van der Waals surface area contributed by atoms with E-state index in [9.17, 15) is 10.2 Å². The van der Waals surface area contributed by atoms with Gasteiger partial charge >= 0.3 is 0 Å². The van der Waals surface area contributed by atoms with Gasteiger partial charge in [0.25, 0.3) is 0 Å². The minimum absolute atomic E-state index is 0.00257. The summed E-state index contributed by atoms with van der Waals surface area (Å²) in [6.45, 7) is 15.8. The van der Waals surface area contributed by atoms with Gasteiger partial charge in [0, 0.05) is 11.3 Å². The van der Waals surface area contributed by atoms with Crippen molar-refractivity contribution in [3.8, 4) is 0 Å². The monoisotopic (exact) mass is 425 g/mol. The standard InChI is InChI=1S/C28H41O3/c1-7-17-14-16(2)21-22(31-17)23(30)26(6)19-9-8-18-24(3,4)20(29)10-11-27(18)15-28(19,27)13-12-25(21,26)5/h7,16,18,20-21,23,29-30H,1,8-15H2,2-6H3/t16-,18+,20+,21+,23+,25-,26-,27-,28+/m1/s1. The summed E-state index contributed by atoms with van der Waals surface area (Å²) in [6, 6.07) is 0. The second-order valence-corrected chi connectivity index (χ2v) is 13.2. The van der Waals surface area contributed by atoms with Crippen molar-refractivity contribution in [1.29, 1.82) is 0 Å². The third-order valence-corrected chi connectivity index (χ3v) is 12.3. The number of fused-ring (bicyclic) bond motifs is 4. The van der Waals surface area contributed by atoms with Gasteiger partial charge in [-0.05, 0) is 90.8 Å². The topological polar surface area (TPSA) is 49.7 Å². The molecule has 6 aliphatic rings. The first kappa shape index (κ1) is 21.2. The van der Waals surface area contributed by atoms with E-state index in [0.717, 1.165) is 37.9 Å². The molecule has 0 unspecified atom stereocenters. The minimum atomic E-state index is -0.524. The van der Waals surface area contributed by atoms with Gasteiger partial charge in [0.1, 0.15) is 12.2 Å². The van der Waals surface area contributed by atoms with Crippen LogP contribution in [0.3, 0.4) is 0 Å². The van der Waals surface area contributed by atoms with Crippen LogP contribution in [0.1, 0.15) is 86.0 Å². The average Bonchev–Trinajstić information content (AvgIpc) is 3.36. The molecule has 0 aromatic rings. The lowest BCUT2D eigenvalue weighted by atomic mass is 9.41. The van der Waals surface area contributed by atoms with Crippen molar-refractivity contribution in [2.45, 2.75) is 98.2 Å². The van der Waals surface area contributed by atoms with E-state index < -0.39 is 6.10 Å². The van der Waals surface area contributed by atoms with Crippen molar-refractivity contribution in [3.05, 3.63) is 30.8 Å². The van der Waals surface area contributed by atoms with Crippen LogP contribution in [0.4, 0.5) is 0 Å². The summed E-state index contributed by atoms with van der Waals surface area (Å²) in [7, 11) is 0. The van der Waals surface area contributed by atoms with Crippen LogP contribution in [0.15, 0.2) is 12.7 Å². The molecule has 0 aromatic carbocycles. The minimum Gasteiger partial charge on any atom is -0.393 e. The Morgan fingerprint density at radius 2 is 1.81 bits per heavy atom. The molecule has 1 saturated heterocycles. The molecule has 3 nitrogen and oxygen atoms in total. The zero-order valence-corrected chi connectivity index (χ0v) is 20.1.